The molecular formula is C26H27N2O7Se. The van der Waals surface area contributed by atoms with Crippen LogP contribution in [0.15, 0.2) is 71.4 Å². The Morgan fingerprint density at radius 3 is 2.31 bits per heavy atom. The number of nitrogens with zero attached hydrogens (tertiary/aromatic N) is 2. The predicted octanol–water partition coefficient (Wildman–Crippen LogP) is 3.90. The fourth-order valence-electron chi connectivity index (χ4n) is 4.18. The molecule has 2 unspecified atom stereocenters. The van der Waals surface area contributed by atoms with Crippen molar-refractivity contribution >= 4 is 39.3 Å². The summed E-state index contributed by atoms with van der Waals surface area (Å²) in [7, 11) is 1.39. The number of nitro benzene ring substituents is 1. The molecule has 10 heteroatoms. The van der Waals surface area contributed by atoms with Crippen molar-refractivity contribution < 1.29 is 28.7 Å². The Hall–Kier alpha value is -3.46. The van der Waals surface area contributed by atoms with Gasteiger partial charge >= 0.3 is 218 Å². The first-order valence-electron chi connectivity index (χ1n) is 11.3. The Bertz CT molecular complexity index is 1210. The number of carbonyl (C=O) groups is 2. The molecule has 0 spiro atoms. The van der Waals surface area contributed by atoms with Crippen LogP contribution in [0.1, 0.15) is 37.8 Å². The van der Waals surface area contributed by atoms with E-state index in [0.717, 1.165) is 0 Å². The van der Waals surface area contributed by atoms with Crippen molar-refractivity contribution in [2.75, 3.05) is 19.2 Å². The molecule has 1 radical (unpaired) electrons. The van der Waals surface area contributed by atoms with Gasteiger partial charge in [-0.1, -0.05) is 0 Å². The number of ether oxygens (including phenoxy) is 3. The fraction of sp³-hybridized carbons (Fsp3) is 0.308. The summed E-state index contributed by atoms with van der Waals surface area (Å²) in [5.41, 5.74) is 2.10. The van der Waals surface area contributed by atoms with Crippen LogP contribution in [-0.2, 0) is 23.8 Å². The van der Waals surface area contributed by atoms with Gasteiger partial charge in [0.2, 0.25) is 0 Å². The van der Waals surface area contributed by atoms with Crippen LogP contribution in [0, 0.1) is 10.1 Å². The van der Waals surface area contributed by atoms with Gasteiger partial charge in [0.25, 0.3) is 0 Å². The SMILES string of the molecule is CCOC(=O)C1=C(c2ccccc2)N(C[Se])C(C)=C(C(=O)OC(C)OC)C1c1ccccc1[N+](=O)[O-]. The summed E-state index contributed by atoms with van der Waals surface area (Å²) in [6.45, 7) is 5.03. The summed E-state index contributed by atoms with van der Waals surface area (Å²) in [4.78, 5) is 40.4. The molecule has 2 aromatic rings. The van der Waals surface area contributed by atoms with E-state index in [0.29, 0.717) is 22.4 Å². The van der Waals surface area contributed by atoms with E-state index >= 15 is 0 Å². The van der Waals surface area contributed by atoms with E-state index in [2.05, 4.69) is 16.0 Å². The average molecular weight is 558 g/mol. The Balaban J connectivity index is 2.44. The number of hydrogen-bond donors (Lipinski definition) is 0. The van der Waals surface area contributed by atoms with E-state index in [1.54, 1.807) is 37.8 Å². The van der Waals surface area contributed by atoms with E-state index in [1.165, 1.54) is 19.2 Å². The van der Waals surface area contributed by atoms with Gasteiger partial charge in [0, 0.05) is 0 Å². The number of carbonyl (C=O) groups excluding carboxylic acids is 2. The Morgan fingerprint density at radius 1 is 1.08 bits per heavy atom. The molecule has 0 aromatic heterocycles. The van der Waals surface area contributed by atoms with Crippen LogP contribution in [-0.4, -0.2) is 63.2 Å². The van der Waals surface area contributed by atoms with Gasteiger partial charge in [-0.25, -0.2) is 0 Å². The van der Waals surface area contributed by atoms with Gasteiger partial charge in [-0.3, -0.25) is 0 Å². The molecule has 0 fully saturated rings. The van der Waals surface area contributed by atoms with E-state index < -0.39 is 29.1 Å². The van der Waals surface area contributed by atoms with Gasteiger partial charge < -0.3 is 0 Å². The van der Waals surface area contributed by atoms with E-state index in [4.69, 9.17) is 14.2 Å². The second-order valence-corrected chi connectivity index (χ2v) is 8.40. The van der Waals surface area contributed by atoms with Crippen molar-refractivity contribution in [3.05, 3.63) is 92.7 Å². The molecule has 2 atom stereocenters. The molecule has 36 heavy (non-hydrogen) atoms. The van der Waals surface area contributed by atoms with Crippen LogP contribution >= 0.6 is 0 Å². The van der Waals surface area contributed by atoms with Crippen LogP contribution < -0.4 is 0 Å². The summed E-state index contributed by atoms with van der Waals surface area (Å²) < 4.78 is 16.0. The number of esters is 2. The van der Waals surface area contributed by atoms with Crippen LogP contribution in [0.25, 0.3) is 5.70 Å². The van der Waals surface area contributed by atoms with Crippen LogP contribution in [0.3, 0.4) is 0 Å². The maximum atomic E-state index is 13.6. The summed E-state index contributed by atoms with van der Waals surface area (Å²) >= 11 is 2.95. The topological polar surface area (TPSA) is 108 Å². The standard InChI is InChI=1S/C26H27N2O7Se/c1-5-34-25(29)23-22(19-13-9-10-14-20(19)28(31)32)21(26(30)35-17(3)33-4)16(2)27(15-36)24(23)18-11-7-6-8-12-18/h6-14,17,22H,5,15H2,1-4H3. The zero-order chi connectivity index (χ0) is 26.4. The molecule has 0 saturated carbocycles. The molecule has 0 amide bonds. The first-order chi connectivity index (χ1) is 17.3. The summed E-state index contributed by atoms with van der Waals surface area (Å²) in [5, 5.41) is 12.0. The third-order valence-corrected chi connectivity index (χ3v) is 6.38. The van der Waals surface area contributed by atoms with E-state index in [-0.39, 0.29) is 29.0 Å². The van der Waals surface area contributed by atoms with Crippen LogP contribution in [0.2, 0.25) is 0 Å². The molecule has 0 N–H and O–H groups in total. The normalized spacial score (nSPS) is 16.6. The Labute approximate surface area is 217 Å². The molecule has 0 saturated heterocycles. The summed E-state index contributed by atoms with van der Waals surface area (Å²) in [6, 6.07) is 15.2. The number of benzene rings is 2. The van der Waals surface area contributed by atoms with Crippen molar-refractivity contribution in [1.82, 2.24) is 4.90 Å². The second-order valence-electron chi connectivity index (χ2n) is 7.86. The number of allylic oxidation sites excluding steroid dienone is 1. The molecule has 189 valence electrons. The van der Waals surface area contributed by atoms with Crippen molar-refractivity contribution in [2.45, 2.75) is 33.0 Å². The van der Waals surface area contributed by atoms with Gasteiger partial charge in [-0.05, 0) is 0 Å². The molecule has 0 aliphatic carbocycles. The van der Waals surface area contributed by atoms with Gasteiger partial charge in [0.15, 0.2) is 0 Å². The van der Waals surface area contributed by atoms with E-state index in [1.807, 2.05) is 30.3 Å². The van der Waals surface area contributed by atoms with Gasteiger partial charge in [0.1, 0.15) is 0 Å². The number of rotatable bonds is 9. The number of hydrogen-bond acceptors (Lipinski definition) is 8. The van der Waals surface area contributed by atoms with Crippen LogP contribution in [0.5, 0.6) is 0 Å². The first kappa shape index (κ1) is 27.1. The molecule has 2 aromatic carbocycles. The Morgan fingerprint density at radius 2 is 1.72 bits per heavy atom. The number of nitro groups is 1. The zero-order valence-corrected chi connectivity index (χ0v) is 22.1. The molecule has 9 nitrogen and oxygen atoms in total. The van der Waals surface area contributed by atoms with Crippen molar-refractivity contribution in [2.24, 2.45) is 0 Å². The second kappa shape index (κ2) is 12.0. The Kier molecular flexibility index (Phi) is 9.03. The minimum atomic E-state index is -1.12. The predicted molar refractivity (Wildman–Crippen MR) is 134 cm³/mol. The average Bonchev–Trinajstić information content (AvgIpc) is 2.88. The quantitative estimate of drug-likeness (QED) is 0.150. The summed E-state index contributed by atoms with van der Waals surface area (Å²) in [5.74, 6) is -2.56. The minimum absolute atomic E-state index is 0.0788. The van der Waals surface area contributed by atoms with E-state index in [9.17, 15) is 19.7 Å². The van der Waals surface area contributed by atoms with Gasteiger partial charge in [0.05, 0.1) is 0 Å². The number of methoxy groups -OCH3 is 1. The third kappa shape index (κ3) is 5.36. The molecule has 1 aliphatic heterocycles. The maximum absolute atomic E-state index is 13.6. The molecule has 1 aliphatic rings. The van der Waals surface area contributed by atoms with Crippen LogP contribution in [0.4, 0.5) is 5.69 Å². The zero-order valence-electron chi connectivity index (χ0n) is 20.4. The van der Waals surface area contributed by atoms with Gasteiger partial charge in [-0.15, -0.1) is 0 Å². The van der Waals surface area contributed by atoms with Crippen molar-refractivity contribution in [3.8, 4) is 0 Å². The fourth-order valence-corrected chi connectivity index (χ4v) is 4.85. The molecule has 0 bridgehead atoms. The van der Waals surface area contributed by atoms with Crippen molar-refractivity contribution in [1.29, 1.82) is 0 Å². The number of para-hydroxylation sites is 1. The van der Waals surface area contributed by atoms with Gasteiger partial charge in [-0.2, -0.15) is 0 Å². The molecule has 3 rings (SSSR count). The molecule has 1 heterocycles. The summed E-state index contributed by atoms with van der Waals surface area (Å²) in [6.07, 6.45) is -0.878. The first-order valence-corrected chi connectivity index (χ1v) is 12.5. The molecular weight excluding hydrogens is 531 g/mol. The van der Waals surface area contributed by atoms with Crippen molar-refractivity contribution in [3.63, 3.8) is 0 Å². The monoisotopic (exact) mass is 559 g/mol. The third-order valence-electron chi connectivity index (χ3n) is 5.84.